The van der Waals surface area contributed by atoms with E-state index in [0.29, 0.717) is 18.1 Å². The van der Waals surface area contributed by atoms with E-state index >= 15 is 0 Å². The fourth-order valence-electron chi connectivity index (χ4n) is 1.28. The maximum absolute atomic E-state index is 11.6. The van der Waals surface area contributed by atoms with Crippen LogP contribution in [0.1, 0.15) is 13.8 Å². The van der Waals surface area contributed by atoms with Crippen LogP contribution in [-0.4, -0.2) is 31.8 Å². The van der Waals surface area contributed by atoms with Gasteiger partial charge in [0.25, 0.3) is 0 Å². The summed E-state index contributed by atoms with van der Waals surface area (Å²) in [6.45, 7) is 3.64. The van der Waals surface area contributed by atoms with Crippen LogP contribution in [0, 0.1) is 0 Å². The number of hydrogen-bond acceptors (Lipinski definition) is 5. The molecule has 0 saturated heterocycles. The van der Waals surface area contributed by atoms with E-state index in [1.165, 1.54) is 0 Å². The minimum atomic E-state index is -1.17. The lowest BCUT2D eigenvalue weighted by molar-refractivity contribution is -0.150. The van der Waals surface area contributed by atoms with Crippen molar-refractivity contribution in [1.82, 2.24) is 0 Å². The lowest BCUT2D eigenvalue weighted by atomic mass is 10.1. The summed E-state index contributed by atoms with van der Waals surface area (Å²) >= 11 is 0. The van der Waals surface area contributed by atoms with E-state index in [0.717, 1.165) is 0 Å². The second kappa shape index (κ2) is 6.26. The Balaban J connectivity index is 2.60. The highest BCUT2D eigenvalue weighted by atomic mass is 16.5. The van der Waals surface area contributed by atoms with E-state index in [1.807, 2.05) is 0 Å². The summed E-state index contributed by atoms with van der Waals surface area (Å²) in [6, 6.07) is 7.09. The van der Waals surface area contributed by atoms with Crippen molar-refractivity contribution in [1.29, 1.82) is 0 Å². The average Bonchev–Trinajstić information content (AvgIpc) is 2.37. The van der Waals surface area contributed by atoms with Crippen LogP contribution in [0.2, 0.25) is 0 Å². The molecule has 1 aromatic carbocycles. The lowest BCUT2D eigenvalue weighted by Crippen LogP contribution is -2.51. The largest absolute Gasteiger partial charge is 0.497 e. The topological polar surface area (TPSA) is 70.8 Å². The normalized spacial score (nSPS) is 13.6. The number of hydrogen-bond donors (Lipinski definition) is 1. The van der Waals surface area contributed by atoms with E-state index in [-0.39, 0.29) is 6.61 Å². The maximum atomic E-state index is 11.6. The highest BCUT2D eigenvalue weighted by Crippen LogP contribution is 2.19. The Bertz CT molecular complexity index is 404. The molecule has 0 bridgehead atoms. The molecule has 0 heterocycles. The summed E-state index contributed by atoms with van der Waals surface area (Å²) in [5.41, 5.74) is 4.67. The first-order chi connectivity index (χ1) is 8.49. The van der Waals surface area contributed by atoms with Crippen LogP contribution < -0.4 is 15.2 Å². The second-order valence-corrected chi connectivity index (χ2v) is 4.11. The Hall–Kier alpha value is -1.75. The van der Waals surface area contributed by atoms with Crippen molar-refractivity contribution in [2.45, 2.75) is 19.4 Å². The molecular formula is C13H19NO4. The van der Waals surface area contributed by atoms with Gasteiger partial charge in [0.05, 0.1) is 13.7 Å². The summed E-state index contributed by atoms with van der Waals surface area (Å²) in [7, 11) is 1.57. The van der Waals surface area contributed by atoms with Gasteiger partial charge in [0.15, 0.2) is 0 Å². The van der Waals surface area contributed by atoms with Gasteiger partial charge in [-0.2, -0.15) is 0 Å². The molecule has 5 heteroatoms. The molecule has 0 amide bonds. The Labute approximate surface area is 107 Å². The molecule has 0 aliphatic rings. The van der Waals surface area contributed by atoms with Crippen molar-refractivity contribution in [2.75, 3.05) is 20.3 Å². The van der Waals surface area contributed by atoms with Crippen molar-refractivity contribution < 1.29 is 19.0 Å². The number of methoxy groups -OCH3 is 1. The van der Waals surface area contributed by atoms with Gasteiger partial charge in [0.2, 0.25) is 0 Å². The van der Waals surface area contributed by atoms with Gasteiger partial charge in [0, 0.05) is 6.07 Å². The molecule has 0 aliphatic carbocycles. The van der Waals surface area contributed by atoms with Crippen LogP contribution in [0.25, 0.3) is 0 Å². The Morgan fingerprint density at radius 3 is 2.67 bits per heavy atom. The molecular weight excluding hydrogens is 234 g/mol. The molecule has 0 aliphatic heterocycles. The van der Waals surface area contributed by atoms with Crippen LogP contribution in [0.4, 0.5) is 0 Å². The van der Waals surface area contributed by atoms with Gasteiger partial charge in [-0.3, -0.25) is 0 Å². The van der Waals surface area contributed by atoms with Crippen LogP contribution in [-0.2, 0) is 9.53 Å². The quantitative estimate of drug-likeness (QED) is 0.775. The average molecular weight is 253 g/mol. The summed E-state index contributed by atoms with van der Waals surface area (Å²) in [5.74, 6) is 0.797. The number of carbonyl (C=O) groups is 1. The molecule has 0 fully saturated rings. The van der Waals surface area contributed by atoms with E-state index in [4.69, 9.17) is 19.9 Å². The molecule has 0 aromatic heterocycles. The van der Waals surface area contributed by atoms with Crippen LogP contribution in [0.3, 0.4) is 0 Å². The van der Waals surface area contributed by atoms with Gasteiger partial charge in [-0.15, -0.1) is 0 Å². The van der Waals surface area contributed by atoms with Crippen molar-refractivity contribution in [3.8, 4) is 11.5 Å². The zero-order valence-corrected chi connectivity index (χ0v) is 10.9. The van der Waals surface area contributed by atoms with Gasteiger partial charge < -0.3 is 19.9 Å². The zero-order chi connectivity index (χ0) is 13.6. The molecule has 1 unspecified atom stereocenters. The Kier molecular flexibility index (Phi) is 4.97. The van der Waals surface area contributed by atoms with Gasteiger partial charge in [-0.25, -0.2) is 4.79 Å². The fourth-order valence-corrected chi connectivity index (χ4v) is 1.28. The maximum Gasteiger partial charge on any atom is 0.329 e. The predicted molar refractivity (Wildman–Crippen MR) is 67.7 cm³/mol. The third-order valence-corrected chi connectivity index (χ3v) is 2.32. The molecule has 100 valence electrons. The number of carbonyl (C=O) groups excluding carboxylic acids is 1. The summed E-state index contributed by atoms with van der Waals surface area (Å²) < 4.78 is 15.4. The third-order valence-electron chi connectivity index (χ3n) is 2.32. The van der Waals surface area contributed by atoms with E-state index in [2.05, 4.69) is 0 Å². The number of rotatable bonds is 6. The highest BCUT2D eigenvalue weighted by Gasteiger charge is 2.31. The molecule has 0 radical (unpaired) electrons. The molecule has 5 nitrogen and oxygen atoms in total. The number of benzene rings is 1. The Morgan fingerprint density at radius 1 is 1.39 bits per heavy atom. The summed E-state index contributed by atoms with van der Waals surface area (Å²) in [4.78, 5) is 11.6. The standard InChI is InChI=1S/C13H19NO4/c1-4-17-12(15)13(2,14)9-18-11-7-5-6-10(8-11)16-3/h5-8H,4,9,14H2,1-3H3. The molecule has 18 heavy (non-hydrogen) atoms. The van der Waals surface area contributed by atoms with Crippen LogP contribution in [0.15, 0.2) is 24.3 Å². The monoisotopic (exact) mass is 253 g/mol. The molecule has 2 N–H and O–H groups in total. The van der Waals surface area contributed by atoms with E-state index in [1.54, 1.807) is 45.2 Å². The SMILES string of the molecule is CCOC(=O)C(C)(N)COc1cccc(OC)c1. The number of nitrogens with two attached hydrogens (primary N) is 1. The van der Waals surface area contributed by atoms with Crippen LogP contribution in [0.5, 0.6) is 11.5 Å². The predicted octanol–water partition coefficient (Wildman–Crippen LogP) is 1.35. The van der Waals surface area contributed by atoms with E-state index < -0.39 is 11.5 Å². The van der Waals surface area contributed by atoms with Crippen molar-refractivity contribution >= 4 is 5.97 Å². The minimum Gasteiger partial charge on any atom is -0.497 e. The van der Waals surface area contributed by atoms with Gasteiger partial charge in [-0.05, 0) is 26.0 Å². The molecule has 1 rings (SSSR count). The number of ether oxygens (including phenoxy) is 3. The van der Waals surface area contributed by atoms with Crippen molar-refractivity contribution in [3.05, 3.63) is 24.3 Å². The number of esters is 1. The summed E-state index contributed by atoms with van der Waals surface area (Å²) in [5, 5.41) is 0. The van der Waals surface area contributed by atoms with Gasteiger partial charge >= 0.3 is 5.97 Å². The first kappa shape index (κ1) is 14.3. The minimum absolute atomic E-state index is 0.0407. The molecule has 0 spiro atoms. The Morgan fingerprint density at radius 2 is 2.06 bits per heavy atom. The first-order valence-corrected chi connectivity index (χ1v) is 5.72. The summed E-state index contributed by atoms with van der Waals surface area (Å²) in [6.07, 6.45) is 0. The first-order valence-electron chi connectivity index (χ1n) is 5.72. The molecule has 1 aromatic rings. The van der Waals surface area contributed by atoms with Gasteiger partial charge in [0.1, 0.15) is 23.6 Å². The van der Waals surface area contributed by atoms with E-state index in [9.17, 15) is 4.79 Å². The third kappa shape index (κ3) is 3.92. The van der Waals surface area contributed by atoms with Crippen molar-refractivity contribution in [3.63, 3.8) is 0 Å². The van der Waals surface area contributed by atoms with Gasteiger partial charge in [-0.1, -0.05) is 6.07 Å². The van der Waals surface area contributed by atoms with Crippen molar-refractivity contribution in [2.24, 2.45) is 5.73 Å². The highest BCUT2D eigenvalue weighted by molar-refractivity contribution is 5.80. The lowest BCUT2D eigenvalue weighted by Gasteiger charge is -2.22. The molecule has 1 atom stereocenters. The van der Waals surface area contributed by atoms with Crippen LogP contribution >= 0.6 is 0 Å². The molecule has 0 saturated carbocycles. The fraction of sp³-hybridized carbons (Fsp3) is 0.462. The smallest absolute Gasteiger partial charge is 0.329 e. The zero-order valence-electron chi connectivity index (χ0n) is 10.9. The second-order valence-electron chi connectivity index (χ2n) is 4.11.